The summed E-state index contributed by atoms with van der Waals surface area (Å²) in [6.07, 6.45) is 3.93. The Kier molecular flexibility index (Phi) is 7.97. The SMILES string of the molecule is C[C@H]1CN([C@@H](C)CO)C(=O)Cc2cc(NC(=O)Cn3cnnn3)ccc2O[C@@H]1CN(C)CC1CC1. The molecule has 2 N–H and O–H groups in total. The molecule has 3 atom stereocenters. The predicted molar refractivity (Wildman–Crippen MR) is 129 cm³/mol. The van der Waals surface area contributed by atoms with E-state index < -0.39 is 0 Å². The average Bonchev–Trinajstić information content (AvgIpc) is 3.47. The summed E-state index contributed by atoms with van der Waals surface area (Å²) in [5, 5.41) is 23.4. The van der Waals surface area contributed by atoms with Gasteiger partial charge in [0.05, 0.1) is 19.1 Å². The molecule has 2 heterocycles. The largest absolute Gasteiger partial charge is 0.488 e. The van der Waals surface area contributed by atoms with E-state index in [-0.39, 0.29) is 49.5 Å². The molecule has 190 valence electrons. The van der Waals surface area contributed by atoms with Gasteiger partial charge in [0.2, 0.25) is 11.8 Å². The van der Waals surface area contributed by atoms with Gasteiger partial charge < -0.3 is 25.0 Å². The molecule has 4 rings (SSSR count). The zero-order chi connectivity index (χ0) is 24.9. The highest BCUT2D eigenvalue weighted by atomic mass is 16.5. The number of aliphatic hydroxyl groups is 1. The van der Waals surface area contributed by atoms with Crippen molar-refractivity contribution in [3.8, 4) is 5.75 Å². The molecule has 11 nitrogen and oxygen atoms in total. The Morgan fingerprint density at radius 2 is 2.14 bits per heavy atom. The van der Waals surface area contributed by atoms with Crippen LogP contribution >= 0.6 is 0 Å². The molecule has 0 bridgehead atoms. The van der Waals surface area contributed by atoms with Gasteiger partial charge in [-0.05, 0) is 61.4 Å². The maximum absolute atomic E-state index is 13.3. The van der Waals surface area contributed by atoms with Crippen molar-refractivity contribution < 1.29 is 19.4 Å². The second-order valence-electron chi connectivity index (χ2n) is 9.93. The Bertz CT molecular complexity index is 1010. The fourth-order valence-electron chi connectivity index (χ4n) is 4.45. The second-order valence-corrected chi connectivity index (χ2v) is 9.93. The zero-order valence-corrected chi connectivity index (χ0v) is 20.6. The molecule has 1 aromatic heterocycles. The first kappa shape index (κ1) is 25.1. The monoisotopic (exact) mass is 485 g/mol. The number of nitrogens with zero attached hydrogens (tertiary/aromatic N) is 6. The molecule has 2 aliphatic rings. The van der Waals surface area contributed by atoms with Crippen LogP contribution in [-0.4, -0.2) is 92.4 Å². The molecule has 1 aliphatic carbocycles. The minimum atomic E-state index is -0.296. The Morgan fingerprint density at radius 3 is 2.83 bits per heavy atom. The number of anilines is 1. The van der Waals surface area contributed by atoms with E-state index in [4.69, 9.17) is 4.74 Å². The molecule has 11 heteroatoms. The number of aromatic nitrogens is 4. The van der Waals surface area contributed by atoms with E-state index in [2.05, 4.69) is 39.7 Å². The third-order valence-corrected chi connectivity index (χ3v) is 6.66. The van der Waals surface area contributed by atoms with Crippen LogP contribution in [0.2, 0.25) is 0 Å². The second kappa shape index (κ2) is 11.1. The van der Waals surface area contributed by atoms with Crippen molar-refractivity contribution in [1.82, 2.24) is 30.0 Å². The Hall–Kier alpha value is -3.05. The summed E-state index contributed by atoms with van der Waals surface area (Å²) in [7, 11) is 2.12. The maximum atomic E-state index is 13.3. The van der Waals surface area contributed by atoms with E-state index >= 15 is 0 Å². The molecule has 0 unspecified atom stereocenters. The summed E-state index contributed by atoms with van der Waals surface area (Å²) in [5.41, 5.74) is 1.27. The molecule has 2 amide bonds. The van der Waals surface area contributed by atoms with Gasteiger partial charge >= 0.3 is 0 Å². The van der Waals surface area contributed by atoms with Gasteiger partial charge in [0.15, 0.2) is 0 Å². The van der Waals surface area contributed by atoms with Crippen LogP contribution in [0, 0.1) is 11.8 Å². The van der Waals surface area contributed by atoms with Crippen LogP contribution < -0.4 is 10.1 Å². The number of aliphatic hydroxyl groups excluding tert-OH is 1. The lowest BCUT2D eigenvalue weighted by molar-refractivity contribution is -0.134. The molecule has 2 aromatic rings. The highest BCUT2D eigenvalue weighted by molar-refractivity contribution is 5.91. The van der Waals surface area contributed by atoms with Crippen molar-refractivity contribution in [2.45, 2.75) is 51.8 Å². The number of carbonyl (C=O) groups is 2. The van der Waals surface area contributed by atoms with Crippen molar-refractivity contribution in [3.05, 3.63) is 30.1 Å². The van der Waals surface area contributed by atoms with Crippen LogP contribution in [0.25, 0.3) is 0 Å². The van der Waals surface area contributed by atoms with Crippen LogP contribution in [0.15, 0.2) is 24.5 Å². The number of amides is 2. The van der Waals surface area contributed by atoms with Crippen LogP contribution in [0.1, 0.15) is 32.3 Å². The molecular weight excluding hydrogens is 450 g/mol. The molecule has 1 aromatic carbocycles. The fourth-order valence-corrected chi connectivity index (χ4v) is 4.45. The lowest BCUT2D eigenvalue weighted by Crippen LogP contribution is -2.47. The van der Waals surface area contributed by atoms with Gasteiger partial charge in [-0.2, -0.15) is 0 Å². The van der Waals surface area contributed by atoms with Gasteiger partial charge in [0.25, 0.3) is 0 Å². The van der Waals surface area contributed by atoms with E-state index in [0.29, 0.717) is 23.5 Å². The van der Waals surface area contributed by atoms with E-state index in [0.717, 1.165) is 19.0 Å². The van der Waals surface area contributed by atoms with E-state index in [1.807, 2.05) is 13.0 Å². The maximum Gasteiger partial charge on any atom is 0.246 e. The fraction of sp³-hybridized carbons (Fsp3) is 0.625. The Labute approximate surface area is 205 Å². The zero-order valence-electron chi connectivity index (χ0n) is 20.6. The summed E-state index contributed by atoms with van der Waals surface area (Å²) in [6.45, 7) is 6.12. The summed E-state index contributed by atoms with van der Waals surface area (Å²) in [4.78, 5) is 29.8. The quantitative estimate of drug-likeness (QED) is 0.534. The van der Waals surface area contributed by atoms with Gasteiger partial charge in [0.1, 0.15) is 24.7 Å². The summed E-state index contributed by atoms with van der Waals surface area (Å²) in [6, 6.07) is 5.09. The van der Waals surface area contributed by atoms with Crippen molar-refractivity contribution in [1.29, 1.82) is 0 Å². The van der Waals surface area contributed by atoms with Crippen LogP contribution in [-0.2, 0) is 22.6 Å². The highest BCUT2D eigenvalue weighted by Crippen LogP contribution is 2.31. The van der Waals surface area contributed by atoms with Crippen LogP contribution in [0.5, 0.6) is 5.75 Å². The number of carbonyl (C=O) groups excluding carboxylic acids is 2. The third kappa shape index (κ3) is 6.76. The predicted octanol–water partition coefficient (Wildman–Crippen LogP) is 0.803. The topological polar surface area (TPSA) is 126 Å². The minimum Gasteiger partial charge on any atom is -0.488 e. The number of ether oxygens (including phenoxy) is 1. The summed E-state index contributed by atoms with van der Waals surface area (Å²) >= 11 is 0. The van der Waals surface area contributed by atoms with E-state index in [1.54, 1.807) is 17.0 Å². The smallest absolute Gasteiger partial charge is 0.246 e. The highest BCUT2D eigenvalue weighted by Gasteiger charge is 2.32. The van der Waals surface area contributed by atoms with E-state index in [1.165, 1.54) is 23.9 Å². The number of nitrogens with one attached hydrogen (secondary N) is 1. The van der Waals surface area contributed by atoms with Crippen molar-refractivity contribution >= 4 is 17.5 Å². The molecule has 35 heavy (non-hydrogen) atoms. The van der Waals surface area contributed by atoms with Gasteiger partial charge in [-0.1, -0.05) is 6.92 Å². The molecule has 1 fully saturated rings. The lowest BCUT2D eigenvalue weighted by atomic mass is 10.0. The first-order chi connectivity index (χ1) is 16.8. The normalized spacial score (nSPS) is 21.5. The molecular formula is C24H35N7O4. The van der Waals surface area contributed by atoms with Gasteiger partial charge in [-0.25, -0.2) is 4.68 Å². The number of hydrogen-bond donors (Lipinski definition) is 2. The number of benzene rings is 1. The molecule has 0 radical (unpaired) electrons. The van der Waals surface area contributed by atoms with Crippen molar-refractivity contribution in [2.75, 3.05) is 38.6 Å². The van der Waals surface area contributed by atoms with Crippen LogP contribution in [0.3, 0.4) is 0 Å². The van der Waals surface area contributed by atoms with Gasteiger partial charge in [-0.3, -0.25) is 9.59 Å². The van der Waals surface area contributed by atoms with Gasteiger partial charge in [0, 0.05) is 36.8 Å². The molecule has 1 saturated carbocycles. The van der Waals surface area contributed by atoms with Gasteiger partial charge in [-0.15, -0.1) is 5.10 Å². The summed E-state index contributed by atoms with van der Waals surface area (Å²) in [5.74, 6) is 1.12. The number of hydrogen-bond acceptors (Lipinski definition) is 8. The third-order valence-electron chi connectivity index (χ3n) is 6.66. The Morgan fingerprint density at radius 1 is 1.34 bits per heavy atom. The first-order valence-electron chi connectivity index (χ1n) is 12.2. The standard InChI is InChI=1S/C24H35N7O4/c1-16-10-31(17(2)14-32)24(34)9-19-8-20(26-23(33)13-30-15-25-27-28-30)6-7-21(19)35-22(16)12-29(3)11-18-4-5-18/h6-8,15-18,22,32H,4-5,9-14H2,1-3H3,(H,26,33)/t16-,17-,22+/m0/s1. The lowest BCUT2D eigenvalue weighted by Gasteiger charge is -2.34. The Balaban J connectivity index is 1.56. The molecule has 0 spiro atoms. The van der Waals surface area contributed by atoms with E-state index in [9.17, 15) is 14.7 Å². The van der Waals surface area contributed by atoms with Crippen molar-refractivity contribution in [3.63, 3.8) is 0 Å². The average molecular weight is 486 g/mol. The first-order valence-corrected chi connectivity index (χ1v) is 12.2. The van der Waals surface area contributed by atoms with Crippen molar-refractivity contribution in [2.24, 2.45) is 11.8 Å². The summed E-state index contributed by atoms with van der Waals surface area (Å²) < 4.78 is 7.86. The number of fused-ring (bicyclic) bond motifs is 1. The molecule has 1 aliphatic heterocycles. The number of likely N-dealkylation sites (N-methyl/N-ethyl adjacent to an activating group) is 1. The van der Waals surface area contributed by atoms with Crippen LogP contribution in [0.4, 0.5) is 5.69 Å². The number of tetrazole rings is 1. The number of rotatable bonds is 9. The minimum absolute atomic E-state index is 0.0196. The molecule has 0 saturated heterocycles.